The summed E-state index contributed by atoms with van der Waals surface area (Å²) in [5, 5.41) is 24.1. The molecule has 2 rings (SSSR count). The summed E-state index contributed by atoms with van der Waals surface area (Å²) < 4.78 is 0. The summed E-state index contributed by atoms with van der Waals surface area (Å²) in [4.78, 5) is 22.7. The number of para-hydroxylation sites is 1. The number of carbonyl (C=O) groups excluding carboxylic acids is 1. The molecule has 0 heterocycles. The van der Waals surface area contributed by atoms with E-state index in [2.05, 4.69) is 5.32 Å². The first-order valence-corrected chi connectivity index (χ1v) is 7.17. The van der Waals surface area contributed by atoms with Gasteiger partial charge in [-0.2, -0.15) is 0 Å². The van der Waals surface area contributed by atoms with Crippen molar-refractivity contribution in [1.29, 1.82) is 0 Å². The lowest BCUT2D eigenvalue weighted by Gasteiger charge is -2.32. The van der Waals surface area contributed by atoms with Gasteiger partial charge in [-0.25, -0.2) is 0 Å². The SMILES string of the molecule is Cc1cccc(C(=O)NCC2(O)CCCCC2)c1[N+](=O)[O-]. The van der Waals surface area contributed by atoms with Gasteiger partial charge in [0.05, 0.1) is 10.5 Å². The molecule has 1 aromatic rings. The maximum atomic E-state index is 12.2. The van der Waals surface area contributed by atoms with E-state index in [0.717, 1.165) is 19.3 Å². The molecular formula is C15H20N2O4. The Morgan fingerprint density at radius 1 is 1.38 bits per heavy atom. The zero-order chi connectivity index (χ0) is 15.5. The van der Waals surface area contributed by atoms with E-state index in [0.29, 0.717) is 18.4 Å². The van der Waals surface area contributed by atoms with Gasteiger partial charge in [0.15, 0.2) is 0 Å². The second-order valence-electron chi connectivity index (χ2n) is 5.70. The Kier molecular flexibility index (Phi) is 4.57. The first-order chi connectivity index (χ1) is 9.93. The minimum absolute atomic E-state index is 0.0411. The van der Waals surface area contributed by atoms with Gasteiger partial charge in [-0.15, -0.1) is 0 Å². The monoisotopic (exact) mass is 292 g/mol. The number of amides is 1. The molecule has 0 aromatic heterocycles. The van der Waals surface area contributed by atoms with Crippen LogP contribution in [0.3, 0.4) is 0 Å². The van der Waals surface area contributed by atoms with Gasteiger partial charge in [0, 0.05) is 12.1 Å². The van der Waals surface area contributed by atoms with Gasteiger partial charge >= 0.3 is 0 Å². The quantitative estimate of drug-likeness (QED) is 0.658. The molecule has 1 amide bonds. The van der Waals surface area contributed by atoms with Crippen molar-refractivity contribution in [2.45, 2.75) is 44.6 Å². The zero-order valence-corrected chi connectivity index (χ0v) is 12.1. The first kappa shape index (κ1) is 15.4. The van der Waals surface area contributed by atoms with Crippen molar-refractivity contribution in [1.82, 2.24) is 5.32 Å². The molecule has 0 atom stereocenters. The number of aliphatic hydroxyl groups is 1. The van der Waals surface area contributed by atoms with Crippen LogP contribution in [-0.4, -0.2) is 28.1 Å². The number of nitrogens with zero attached hydrogens (tertiary/aromatic N) is 1. The third-order valence-corrected chi connectivity index (χ3v) is 4.03. The highest BCUT2D eigenvalue weighted by molar-refractivity contribution is 5.98. The highest BCUT2D eigenvalue weighted by atomic mass is 16.6. The third-order valence-electron chi connectivity index (χ3n) is 4.03. The maximum Gasteiger partial charge on any atom is 0.285 e. The molecule has 0 spiro atoms. The van der Waals surface area contributed by atoms with Crippen molar-refractivity contribution < 1.29 is 14.8 Å². The molecule has 1 aromatic carbocycles. The number of hydrogen-bond acceptors (Lipinski definition) is 4. The Hall–Kier alpha value is -1.95. The van der Waals surface area contributed by atoms with E-state index in [4.69, 9.17) is 0 Å². The van der Waals surface area contributed by atoms with Crippen LogP contribution in [-0.2, 0) is 0 Å². The molecule has 114 valence electrons. The minimum Gasteiger partial charge on any atom is -0.388 e. The van der Waals surface area contributed by atoms with E-state index in [1.54, 1.807) is 19.1 Å². The zero-order valence-electron chi connectivity index (χ0n) is 12.1. The Morgan fingerprint density at radius 3 is 2.67 bits per heavy atom. The van der Waals surface area contributed by atoms with Gasteiger partial charge < -0.3 is 10.4 Å². The highest BCUT2D eigenvalue weighted by Gasteiger charge is 2.30. The van der Waals surface area contributed by atoms with Gasteiger partial charge in [0.2, 0.25) is 0 Å². The summed E-state index contributed by atoms with van der Waals surface area (Å²) >= 11 is 0. The number of nitrogens with one attached hydrogen (secondary N) is 1. The van der Waals surface area contributed by atoms with Crippen LogP contribution in [0.5, 0.6) is 0 Å². The summed E-state index contributed by atoms with van der Waals surface area (Å²) in [6.45, 7) is 1.74. The third kappa shape index (κ3) is 3.58. The van der Waals surface area contributed by atoms with E-state index < -0.39 is 16.4 Å². The second-order valence-corrected chi connectivity index (χ2v) is 5.70. The van der Waals surface area contributed by atoms with Crippen molar-refractivity contribution in [3.63, 3.8) is 0 Å². The Labute approximate surface area is 123 Å². The van der Waals surface area contributed by atoms with Gasteiger partial charge in [-0.1, -0.05) is 31.4 Å². The van der Waals surface area contributed by atoms with Crippen molar-refractivity contribution in [2.75, 3.05) is 6.54 Å². The lowest BCUT2D eigenvalue weighted by atomic mass is 9.85. The van der Waals surface area contributed by atoms with Crippen LogP contribution in [0, 0.1) is 17.0 Å². The molecule has 0 saturated heterocycles. The molecule has 1 aliphatic rings. The Morgan fingerprint density at radius 2 is 2.05 bits per heavy atom. The predicted molar refractivity (Wildman–Crippen MR) is 78.2 cm³/mol. The lowest BCUT2D eigenvalue weighted by molar-refractivity contribution is -0.385. The van der Waals surface area contributed by atoms with Crippen molar-refractivity contribution in [3.05, 3.63) is 39.4 Å². The Balaban J connectivity index is 2.10. The fourth-order valence-electron chi connectivity index (χ4n) is 2.81. The normalized spacial score (nSPS) is 17.2. The maximum absolute atomic E-state index is 12.2. The number of rotatable bonds is 4. The lowest BCUT2D eigenvalue weighted by Crippen LogP contribution is -2.44. The van der Waals surface area contributed by atoms with Gasteiger partial charge in [-0.05, 0) is 25.8 Å². The first-order valence-electron chi connectivity index (χ1n) is 7.17. The summed E-state index contributed by atoms with van der Waals surface area (Å²) in [6, 6.07) is 4.65. The molecule has 0 aliphatic heterocycles. The number of nitro groups is 1. The second kappa shape index (κ2) is 6.22. The minimum atomic E-state index is -0.882. The molecule has 1 fully saturated rings. The van der Waals surface area contributed by atoms with Gasteiger partial charge in [0.25, 0.3) is 11.6 Å². The highest BCUT2D eigenvalue weighted by Crippen LogP contribution is 2.28. The van der Waals surface area contributed by atoms with Crippen LogP contribution in [0.25, 0.3) is 0 Å². The van der Waals surface area contributed by atoms with E-state index in [9.17, 15) is 20.0 Å². The number of aryl methyl sites for hydroxylation is 1. The summed E-state index contributed by atoms with van der Waals surface area (Å²) in [5.41, 5.74) is -0.568. The topological polar surface area (TPSA) is 92.5 Å². The molecule has 0 radical (unpaired) electrons. The van der Waals surface area contributed by atoms with E-state index in [-0.39, 0.29) is 17.8 Å². The average molecular weight is 292 g/mol. The van der Waals surface area contributed by atoms with E-state index >= 15 is 0 Å². The van der Waals surface area contributed by atoms with Crippen molar-refractivity contribution in [3.8, 4) is 0 Å². The summed E-state index contributed by atoms with van der Waals surface area (Å²) in [7, 11) is 0. The molecule has 1 aliphatic carbocycles. The van der Waals surface area contributed by atoms with Gasteiger partial charge in [0.1, 0.15) is 5.56 Å². The molecule has 2 N–H and O–H groups in total. The predicted octanol–water partition coefficient (Wildman–Crippen LogP) is 2.33. The molecular weight excluding hydrogens is 272 g/mol. The van der Waals surface area contributed by atoms with Crippen LogP contribution in [0.2, 0.25) is 0 Å². The van der Waals surface area contributed by atoms with Crippen LogP contribution in [0.15, 0.2) is 18.2 Å². The number of carbonyl (C=O) groups is 1. The fourth-order valence-corrected chi connectivity index (χ4v) is 2.81. The standard InChI is InChI=1S/C15H20N2O4/c1-11-6-5-7-12(13(11)17(20)21)14(18)16-10-15(19)8-3-2-4-9-15/h5-7,19H,2-4,8-10H2,1H3,(H,16,18). The van der Waals surface area contributed by atoms with Crippen molar-refractivity contribution in [2.24, 2.45) is 0 Å². The summed E-state index contributed by atoms with van der Waals surface area (Å²) in [5.74, 6) is -0.510. The molecule has 6 nitrogen and oxygen atoms in total. The largest absolute Gasteiger partial charge is 0.388 e. The van der Waals surface area contributed by atoms with Crippen LogP contribution >= 0.6 is 0 Å². The molecule has 1 saturated carbocycles. The average Bonchev–Trinajstić information content (AvgIpc) is 2.45. The number of benzene rings is 1. The van der Waals surface area contributed by atoms with Crippen molar-refractivity contribution >= 4 is 11.6 Å². The smallest absolute Gasteiger partial charge is 0.285 e. The number of nitro benzene ring substituents is 1. The van der Waals surface area contributed by atoms with Gasteiger partial charge in [-0.3, -0.25) is 14.9 Å². The Bertz CT molecular complexity index is 551. The molecule has 0 unspecified atom stereocenters. The van der Waals surface area contributed by atoms with Crippen LogP contribution in [0.1, 0.15) is 48.0 Å². The summed E-state index contributed by atoms with van der Waals surface area (Å²) in [6.07, 6.45) is 4.29. The number of hydrogen-bond donors (Lipinski definition) is 2. The molecule has 6 heteroatoms. The van der Waals surface area contributed by atoms with Crippen LogP contribution < -0.4 is 5.32 Å². The molecule has 0 bridgehead atoms. The molecule has 21 heavy (non-hydrogen) atoms. The van der Waals surface area contributed by atoms with Crippen LogP contribution in [0.4, 0.5) is 5.69 Å². The van der Waals surface area contributed by atoms with E-state index in [1.165, 1.54) is 6.07 Å². The fraction of sp³-hybridized carbons (Fsp3) is 0.533. The van der Waals surface area contributed by atoms with E-state index in [1.807, 2.05) is 0 Å².